The molecule has 0 saturated carbocycles. The molecule has 5 nitrogen and oxygen atoms in total. The molecule has 0 atom stereocenters. The van der Waals surface area contributed by atoms with Gasteiger partial charge < -0.3 is 0 Å². The second kappa shape index (κ2) is 7.96. The SMILES string of the molecule is Cc1sc(NC(=O)c2ccc(Cn3cccn3)cc2)nc1-c1ccc(Cl)cc1. The third kappa shape index (κ3) is 4.13. The molecule has 0 fully saturated rings. The van der Waals surface area contributed by atoms with Gasteiger partial charge in [0.15, 0.2) is 5.13 Å². The smallest absolute Gasteiger partial charge is 0.257 e. The van der Waals surface area contributed by atoms with Crippen molar-refractivity contribution < 1.29 is 4.79 Å². The highest BCUT2D eigenvalue weighted by atomic mass is 35.5. The first-order chi connectivity index (χ1) is 13.6. The molecular weight excluding hydrogens is 392 g/mol. The zero-order valence-corrected chi connectivity index (χ0v) is 16.7. The van der Waals surface area contributed by atoms with Gasteiger partial charge in [-0.15, -0.1) is 11.3 Å². The van der Waals surface area contributed by atoms with Crippen molar-refractivity contribution in [3.8, 4) is 11.3 Å². The van der Waals surface area contributed by atoms with Crippen LogP contribution in [0.5, 0.6) is 0 Å². The van der Waals surface area contributed by atoms with E-state index < -0.39 is 0 Å². The summed E-state index contributed by atoms with van der Waals surface area (Å²) in [4.78, 5) is 18.2. The maximum Gasteiger partial charge on any atom is 0.257 e. The van der Waals surface area contributed by atoms with E-state index in [1.165, 1.54) is 11.3 Å². The monoisotopic (exact) mass is 408 g/mol. The third-order valence-corrected chi connectivity index (χ3v) is 5.39. The number of aryl methyl sites for hydroxylation is 1. The topological polar surface area (TPSA) is 59.8 Å². The lowest BCUT2D eigenvalue weighted by Crippen LogP contribution is -2.11. The largest absolute Gasteiger partial charge is 0.298 e. The molecule has 0 aliphatic rings. The minimum Gasteiger partial charge on any atom is -0.298 e. The van der Waals surface area contributed by atoms with Crippen molar-refractivity contribution in [2.45, 2.75) is 13.5 Å². The lowest BCUT2D eigenvalue weighted by molar-refractivity contribution is 0.102. The van der Waals surface area contributed by atoms with Crippen LogP contribution in [0.15, 0.2) is 67.0 Å². The van der Waals surface area contributed by atoms with Crippen LogP contribution in [0.4, 0.5) is 5.13 Å². The van der Waals surface area contributed by atoms with Gasteiger partial charge in [-0.3, -0.25) is 14.8 Å². The van der Waals surface area contributed by atoms with Crippen LogP contribution in [0.25, 0.3) is 11.3 Å². The lowest BCUT2D eigenvalue weighted by atomic mass is 10.1. The van der Waals surface area contributed by atoms with Gasteiger partial charge in [0, 0.05) is 33.4 Å². The number of amides is 1. The van der Waals surface area contributed by atoms with Crippen LogP contribution in [0.3, 0.4) is 0 Å². The number of hydrogen-bond donors (Lipinski definition) is 1. The van der Waals surface area contributed by atoms with Crippen LogP contribution in [-0.4, -0.2) is 20.7 Å². The Hall–Kier alpha value is -2.96. The van der Waals surface area contributed by atoms with E-state index in [9.17, 15) is 4.79 Å². The highest BCUT2D eigenvalue weighted by Gasteiger charge is 2.13. The van der Waals surface area contributed by atoms with E-state index in [0.29, 0.717) is 22.3 Å². The zero-order valence-electron chi connectivity index (χ0n) is 15.1. The molecule has 2 aromatic heterocycles. The van der Waals surface area contributed by atoms with Crippen molar-refractivity contribution >= 4 is 34.0 Å². The summed E-state index contributed by atoms with van der Waals surface area (Å²) in [5.74, 6) is -0.179. The summed E-state index contributed by atoms with van der Waals surface area (Å²) in [5, 5.41) is 8.34. The molecule has 140 valence electrons. The average molecular weight is 409 g/mol. The van der Waals surface area contributed by atoms with Crippen LogP contribution in [0, 0.1) is 6.92 Å². The molecule has 0 unspecified atom stereocenters. The number of nitrogens with one attached hydrogen (secondary N) is 1. The third-order valence-electron chi connectivity index (χ3n) is 4.25. The van der Waals surface area contributed by atoms with Crippen LogP contribution >= 0.6 is 22.9 Å². The van der Waals surface area contributed by atoms with Crippen LogP contribution < -0.4 is 5.32 Å². The van der Waals surface area contributed by atoms with E-state index in [2.05, 4.69) is 15.4 Å². The van der Waals surface area contributed by atoms with E-state index in [1.54, 1.807) is 6.20 Å². The van der Waals surface area contributed by atoms with E-state index >= 15 is 0 Å². The Kier molecular flexibility index (Phi) is 5.23. The lowest BCUT2D eigenvalue weighted by Gasteiger charge is -2.05. The van der Waals surface area contributed by atoms with E-state index in [-0.39, 0.29) is 5.91 Å². The van der Waals surface area contributed by atoms with Gasteiger partial charge in [-0.05, 0) is 42.8 Å². The molecule has 0 radical (unpaired) electrons. The van der Waals surface area contributed by atoms with Gasteiger partial charge in [-0.2, -0.15) is 5.10 Å². The molecule has 0 bridgehead atoms. The average Bonchev–Trinajstić information content (AvgIpc) is 3.32. The van der Waals surface area contributed by atoms with Gasteiger partial charge in [0.05, 0.1) is 12.2 Å². The van der Waals surface area contributed by atoms with E-state index in [0.717, 1.165) is 21.7 Å². The number of benzene rings is 2. The molecule has 1 N–H and O–H groups in total. The molecule has 2 aromatic carbocycles. The number of thiazole rings is 1. The highest BCUT2D eigenvalue weighted by Crippen LogP contribution is 2.31. The maximum absolute atomic E-state index is 12.6. The number of carbonyl (C=O) groups excluding carboxylic acids is 1. The molecule has 0 spiro atoms. The van der Waals surface area contributed by atoms with Gasteiger partial charge in [-0.1, -0.05) is 35.9 Å². The fourth-order valence-electron chi connectivity index (χ4n) is 2.84. The zero-order chi connectivity index (χ0) is 19.5. The van der Waals surface area contributed by atoms with Gasteiger partial charge >= 0.3 is 0 Å². The van der Waals surface area contributed by atoms with Crippen molar-refractivity contribution in [3.05, 3.63) is 88.0 Å². The Morgan fingerprint density at radius 2 is 1.89 bits per heavy atom. The van der Waals surface area contributed by atoms with Crippen molar-refractivity contribution in [1.82, 2.24) is 14.8 Å². The molecule has 0 aliphatic heterocycles. The first-order valence-corrected chi connectivity index (χ1v) is 9.89. The number of nitrogens with zero attached hydrogens (tertiary/aromatic N) is 3. The Morgan fingerprint density at radius 1 is 1.14 bits per heavy atom. The fraction of sp³-hybridized carbons (Fsp3) is 0.0952. The first kappa shape index (κ1) is 18.4. The molecule has 1 amide bonds. The van der Waals surface area contributed by atoms with Crippen molar-refractivity contribution in [1.29, 1.82) is 0 Å². The Labute approximate surface area is 171 Å². The van der Waals surface area contributed by atoms with Crippen LogP contribution in [0.1, 0.15) is 20.8 Å². The number of halogens is 1. The quantitative estimate of drug-likeness (QED) is 0.489. The maximum atomic E-state index is 12.6. The van der Waals surface area contributed by atoms with Crippen molar-refractivity contribution in [2.75, 3.05) is 5.32 Å². The summed E-state index contributed by atoms with van der Waals surface area (Å²) in [6, 6.07) is 16.9. The van der Waals surface area contributed by atoms with E-state index in [4.69, 9.17) is 11.6 Å². The molecule has 0 saturated heterocycles. The molecule has 2 heterocycles. The van der Waals surface area contributed by atoms with Gasteiger partial charge in [0.2, 0.25) is 0 Å². The second-order valence-corrected chi connectivity index (χ2v) is 7.93. The number of rotatable bonds is 5. The highest BCUT2D eigenvalue weighted by molar-refractivity contribution is 7.16. The summed E-state index contributed by atoms with van der Waals surface area (Å²) in [7, 11) is 0. The van der Waals surface area contributed by atoms with Gasteiger partial charge in [0.25, 0.3) is 5.91 Å². The molecule has 0 aliphatic carbocycles. The Balaban J connectivity index is 1.46. The second-order valence-electron chi connectivity index (χ2n) is 6.29. The number of hydrogen-bond acceptors (Lipinski definition) is 4. The van der Waals surface area contributed by atoms with E-state index in [1.807, 2.05) is 72.4 Å². The molecule has 28 heavy (non-hydrogen) atoms. The predicted molar refractivity (Wildman–Crippen MR) is 113 cm³/mol. The minimum atomic E-state index is -0.179. The van der Waals surface area contributed by atoms with Crippen molar-refractivity contribution in [3.63, 3.8) is 0 Å². The predicted octanol–water partition coefficient (Wildman–Crippen LogP) is 5.27. The van der Waals surface area contributed by atoms with Crippen LogP contribution in [0.2, 0.25) is 5.02 Å². The molecule has 4 aromatic rings. The summed E-state index contributed by atoms with van der Waals surface area (Å²) >= 11 is 7.41. The molecular formula is C21H17ClN4OS. The van der Waals surface area contributed by atoms with Crippen LogP contribution in [-0.2, 0) is 6.54 Å². The summed E-state index contributed by atoms with van der Waals surface area (Å²) < 4.78 is 1.84. The number of aromatic nitrogens is 3. The standard InChI is InChI=1S/C21H17ClN4OS/c1-14-19(16-7-9-18(22)10-8-16)24-21(28-14)25-20(27)17-5-3-15(4-6-17)13-26-12-2-11-23-26/h2-12H,13H2,1H3,(H,24,25,27). The molecule has 4 rings (SSSR count). The summed E-state index contributed by atoms with van der Waals surface area (Å²) in [6.45, 7) is 2.66. The Bertz CT molecular complexity index is 1090. The minimum absolute atomic E-state index is 0.179. The molecule has 7 heteroatoms. The van der Waals surface area contributed by atoms with Gasteiger partial charge in [-0.25, -0.2) is 4.98 Å². The number of anilines is 1. The Morgan fingerprint density at radius 3 is 2.57 bits per heavy atom. The summed E-state index contributed by atoms with van der Waals surface area (Å²) in [6.07, 6.45) is 3.65. The fourth-order valence-corrected chi connectivity index (χ4v) is 3.79. The van der Waals surface area contributed by atoms with Crippen molar-refractivity contribution in [2.24, 2.45) is 0 Å². The first-order valence-electron chi connectivity index (χ1n) is 8.69. The summed E-state index contributed by atoms with van der Waals surface area (Å²) in [5.41, 5.74) is 3.49. The van der Waals surface area contributed by atoms with Gasteiger partial charge in [0.1, 0.15) is 0 Å². The normalized spacial score (nSPS) is 10.8. The number of carbonyl (C=O) groups is 1.